The molecule has 0 aliphatic rings. The molecule has 4 aromatic rings. The van der Waals surface area contributed by atoms with Crippen molar-refractivity contribution in [2.45, 2.75) is 17.8 Å². The zero-order chi connectivity index (χ0) is 19.5. The topological polar surface area (TPSA) is 120 Å². The third-order valence-corrected chi connectivity index (χ3v) is 4.72. The number of imidazole rings is 1. The number of hydrogen-bond acceptors (Lipinski definition) is 8. The fourth-order valence-electron chi connectivity index (χ4n) is 2.61. The number of H-pyrrole nitrogens is 1. The van der Waals surface area contributed by atoms with Crippen LogP contribution in [0.5, 0.6) is 5.75 Å². The maximum atomic E-state index is 10.9. The first kappa shape index (κ1) is 18.0. The molecular formula is C18H15N5O4S. The zero-order valence-corrected chi connectivity index (χ0v) is 15.6. The van der Waals surface area contributed by atoms with Gasteiger partial charge in [-0.15, -0.1) is 0 Å². The van der Waals surface area contributed by atoms with Crippen LogP contribution in [0.15, 0.2) is 52.1 Å². The van der Waals surface area contributed by atoms with Gasteiger partial charge in [-0.3, -0.25) is 10.1 Å². The van der Waals surface area contributed by atoms with Crippen LogP contribution in [0.4, 0.5) is 5.69 Å². The number of rotatable bonds is 7. The summed E-state index contributed by atoms with van der Waals surface area (Å²) in [6.07, 6.45) is 0. The maximum Gasteiger partial charge on any atom is 0.270 e. The molecule has 0 fully saturated rings. The number of hydrogen-bond donors (Lipinski definition) is 1. The van der Waals surface area contributed by atoms with E-state index in [9.17, 15) is 10.1 Å². The van der Waals surface area contributed by atoms with Crippen molar-refractivity contribution in [3.05, 3.63) is 58.5 Å². The van der Waals surface area contributed by atoms with Gasteiger partial charge in [0.25, 0.3) is 5.69 Å². The number of non-ortho nitro benzene ring substituents is 1. The average molecular weight is 397 g/mol. The molecule has 2 heterocycles. The quantitative estimate of drug-likeness (QED) is 0.280. The second-order valence-corrected chi connectivity index (χ2v) is 6.73. The van der Waals surface area contributed by atoms with Crippen molar-refractivity contribution in [3.8, 4) is 17.1 Å². The van der Waals surface area contributed by atoms with Gasteiger partial charge in [0.05, 0.1) is 28.3 Å². The fraction of sp³-hybridized carbons (Fsp3) is 0.167. The Morgan fingerprint density at radius 2 is 2.14 bits per heavy atom. The van der Waals surface area contributed by atoms with Crippen molar-refractivity contribution in [2.75, 3.05) is 6.61 Å². The van der Waals surface area contributed by atoms with E-state index >= 15 is 0 Å². The first-order valence-corrected chi connectivity index (χ1v) is 9.43. The summed E-state index contributed by atoms with van der Waals surface area (Å²) >= 11 is 1.42. The molecule has 0 aliphatic heterocycles. The number of nitrogens with zero attached hydrogens (tertiary/aromatic N) is 4. The van der Waals surface area contributed by atoms with Crippen LogP contribution in [0.1, 0.15) is 12.8 Å². The van der Waals surface area contributed by atoms with Crippen molar-refractivity contribution >= 4 is 28.5 Å². The van der Waals surface area contributed by atoms with Crippen LogP contribution in [-0.2, 0) is 5.75 Å². The molecule has 2 aromatic heterocycles. The van der Waals surface area contributed by atoms with Gasteiger partial charge in [-0.2, -0.15) is 4.98 Å². The Labute approximate surface area is 163 Å². The Balaban J connectivity index is 1.46. The first-order chi connectivity index (χ1) is 13.6. The van der Waals surface area contributed by atoms with E-state index in [0.717, 1.165) is 21.9 Å². The SMILES string of the molecule is CCOc1ccc2nc(SCc3nc(-c4cccc([N+](=O)[O-])c4)no3)[nH]c2c1. The molecule has 10 heteroatoms. The molecule has 1 N–H and O–H groups in total. The predicted octanol–water partition coefficient (Wildman–Crippen LogP) is 4.21. The van der Waals surface area contributed by atoms with E-state index in [1.807, 2.05) is 25.1 Å². The van der Waals surface area contributed by atoms with Crippen LogP contribution in [-0.4, -0.2) is 31.6 Å². The second kappa shape index (κ2) is 7.69. The molecule has 28 heavy (non-hydrogen) atoms. The van der Waals surface area contributed by atoms with Gasteiger partial charge in [0.2, 0.25) is 11.7 Å². The predicted molar refractivity (Wildman–Crippen MR) is 103 cm³/mol. The number of thioether (sulfide) groups is 1. The molecule has 0 unspecified atom stereocenters. The number of aromatic amines is 1. The minimum Gasteiger partial charge on any atom is -0.494 e. The highest BCUT2D eigenvalue weighted by atomic mass is 32.2. The molecule has 9 nitrogen and oxygen atoms in total. The van der Waals surface area contributed by atoms with Gasteiger partial charge >= 0.3 is 0 Å². The summed E-state index contributed by atoms with van der Waals surface area (Å²) in [6.45, 7) is 2.54. The molecule has 2 aromatic carbocycles. The van der Waals surface area contributed by atoms with E-state index in [-0.39, 0.29) is 5.69 Å². The lowest BCUT2D eigenvalue weighted by Crippen LogP contribution is -1.90. The van der Waals surface area contributed by atoms with Crippen molar-refractivity contribution in [3.63, 3.8) is 0 Å². The Morgan fingerprint density at radius 1 is 1.25 bits per heavy atom. The molecule has 0 aliphatic carbocycles. The lowest BCUT2D eigenvalue weighted by molar-refractivity contribution is -0.384. The van der Waals surface area contributed by atoms with Gasteiger partial charge in [-0.1, -0.05) is 29.1 Å². The van der Waals surface area contributed by atoms with Crippen molar-refractivity contribution in [2.24, 2.45) is 0 Å². The van der Waals surface area contributed by atoms with Crippen LogP contribution in [0.3, 0.4) is 0 Å². The van der Waals surface area contributed by atoms with Gasteiger partial charge in [-0.25, -0.2) is 4.98 Å². The van der Waals surface area contributed by atoms with Gasteiger partial charge < -0.3 is 14.2 Å². The van der Waals surface area contributed by atoms with Crippen LogP contribution in [0.2, 0.25) is 0 Å². The minimum atomic E-state index is -0.459. The summed E-state index contributed by atoms with van der Waals surface area (Å²) in [6, 6.07) is 11.8. The summed E-state index contributed by atoms with van der Waals surface area (Å²) in [5.41, 5.74) is 2.23. The summed E-state index contributed by atoms with van der Waals surface area (Å²) in [5.74, 6) is 1.92. The van der Waals surface area contributed by atoms with Crippen molar-refractivity contribution in [1.29, 1.82) is 0 Å². The Morgan fingerprint density at radius 3 is 2.96 bits per heavy atom. The number of benzene rings is 2. The highest BCUT2D eigenvalue weighted by molar-refractivity contribution is 7.98. The van der Waals surface area contributed by atoms with E-state index in [1.54, 1.807) is 12.1 Å². The number of nitro benzene ring substituents is 1. The van der Waals surface area contributed by atoms with Crippen LogP contribution in [0.25, 0.3) is 22.4 Å². The molecule has 0 bridgehead atoms. The molecule has 0 radical (unpaired) electrons. The van der Waals surface area contributed by atoms with Crippen LogP contribution in [0, 0.1) is 10.1 Å². The third-order valence-electron chi connectivity index (χ3n) is 3.86. The molecule has 0 saturated carbocycles. The molecule has 0 spiro atoms. The smallest absolute Gasteiger partial charge is 0.270 e. The molecule has 0 atom stereocenters. The van der Waals surface area contributed by atoms with Gasteiger partial charge in [-0.05, 0) is 19.1 Å². The van der Waals surface area contributed by atoms with E-state index in [2.05, 4.69) is 20.1 Å². The highest BCUT2D eigenvalue weighted by Gasteiger charge is 2.13. The summed E-state index contributed by atoms with van der Waals surface area (Å²) in [7, 11) is 0. The van der Waals surface area contributed by atoms with Gasteiger partial charge in [0.15, 0.2) is 5.16 Å². The lowest BCUT2D eigenvalue weighted by Gasteiger charge is -2.00. The number of fused-ring (bicyclic) bond motifs is 1. The van der Waals surface area contributed by atoms with Crippen LogP contribution >= 0.6 is 11.8 Å². The van der Waals surface area contributed by atoms with Gasteiger partial charge in [0.1, 0.15) is 5.75 Å². The van der Waals surface area contributed by atoms with E-state index in [0.29, 0.717) is 29.6 Å². The number of nitro groups is 1. The van der Waals surface area contributed by atoms with Gasteiger partial charge in [0, 0.05) is 23.8 Å². The van der Waals surface area contributed by atoms with E-state index < -0.39 is 4.92 Å². The third kappa shape index (κ3) is 3.81. The Bertz CT molecular complexity index is 1140. The highest BCUT2D eigenvalue weighted by Crippen LogP contribution is 2.26. The van der Waals surface area contributed by atoms with Crippen molar-refractivity contribution < 1.29 is 14.2 Å². The summed E-state index contributed by atoms with van der Waals surface area (Å²) in [5, 5.41) is 15.5. The summed E-state index contributed by atoms with van der Waals surface area (Å²) < 4.78 is 10.7. The zero-order valence-electron chi connectivity index (χ0n) is 14.8. The largest absolute Gasteiger partial charge is 0.494 e. The second-order valence-electron chi connectivity index (χ2n) is 5.76. The van der Waals surface area contributed by atoms with Crippen LogP contribution < -0.4 is 4.74 Å². The number of ether oxygens (including phenoxy) is 1. The number of nitrogens with one attached hydrogen (secondary N) is 1. The Kier molecular flexibility index (Phi) is 4.94. The van der Waals surface area contributed by atoms with E-state index in [4.69, 9.17) is 9.26 Å². The molecule has 0 saturated heterocycles. The maximum absolute atomic E-state index is 10.9. The average Bonchev–Trinajstić information content (AvgIpc) is 3.33. The molecule has 4 rings (SSSR count). The lowest BCUT2D eigenvalue weighted by atomic mass is 10.2. The molecule has 142 valence electrons. The molecular weight excluding hydrogens is 382 g/mol. The van der Waals surface area contributed by atoms with E-state index in [1.165, 1.54) is 23.9 Å². The fourth-order valence-corrected chi connectivity index (χ4v) is 3.33. The minimum absolute atomic E-state index is 0.0214. The first-order valence-electron chi connectivity index (χ1n) is 8.45. The normalized spacial score (nSPS) is 11.0. The molecule has 0 amide bonds. The Hall–Kier alpha value is -3.40. The standard InChI is InChI=1S/C18H15N5O4S/c1-2-26-13-6-7-14-15(9-13)20-18(19-14)28-10-16-21-17(22-27-16)11-4-3-5-12(8-11)23(24)25/h3-9H,2,10H2,1H3,(H,19,20). The summed E-state index contributed by atoms with van der Waals surface area (Å²) in [4.78, 5) is 22.5. The van der Waals surface area contributed by atoms with Crippen molar-refractivity contribution in [1.82, 2.24) is 20.1 Å². The number of aromatic nitrogens is 4. The monoisotopic (exact) mass is 397 g/mol.